The molecular formula is C23H23N5OS. The van der Waals surface area contributed by atoms with Crippen molar-refractivity contribution in [3.8, 4) is 22.0 Å². The Hall–Kier alpha value is -3.19. The number of nitrogens with one attached hydrogen (secondary N) is 1. The topological polar surface area (TPSA) is 66.8 Å². The monoisotopic (exact) mass is 417 g/mol. The molecule has 7 heteroatoms. The first-order valence-electron chi connectivity index (χ1n) is 10.2. The maximum absolute atomic E-state index is 12.9. The third kappa shape index (κ3) is 3.80. The van der Waals surface area contributed by atoms with Crippen molar-refractivity contribution < 1.29 is 4.79 Å². The minimum absolute atomic E-state index is 0.0140. The zero-order valence-electron chi connectivity index (χ0n) is 16.6. The van der Waals surface area contributed by atoms with Gasteiger partial charge in [0, 0.05) is 37.6 Å². The number of hydrogen-bond acceptors (Lipinski definition) is 4. The number of rotatable bonds is 5. The number of piperidine rings is 1. The highest BCUT2D eigenvalue weighted by atomic mass is 32.1. The lowest BCUT2D eigenvalue weighted by Crippen LogP contribution is -2.39. The van der Waals surface area contributed by atoms with Crippen LogP contribution in [0.2, 0.25) is 0 Å². The summed E-state index contributed by atoms with van der Waals surface area (Å²) in [6, 6.07) is 16.2. The van der Waals surface area contributed by atoms with E-state index in [4.69, 9.17) is 0 Å². The third-order valence-corrected chi connectivity index (χ3v) is 6.59. The molecule has 5 rings (SSSR count). The van der Waals surface area contributed by atoms with Crippen LogP contribution in [0.1, 0.15) is 23.3 Å². The first kappa shape index (κ1) is 18.8. The van der Waals surface area contributed by atoms with Gasteiger partial charge in [-0.05, 0) is 36.3 Å². The molecule has 1 aliphatic heterocycles. The van der Waals surface area contributed by atoms with E-state index in [1.807, 2.05) is 52.9 Å². The summed E-state index contributed by atoms with van der Waals surface area (Å²) in [5.74, 6) is 1.55. The van der Waals surface area contributed by atoms with Crippen molar-refractivity contribution >= 4 is 17.2 Å². The van der Waals surface area contributed by atoms with Crippen LogP contribution in [0.5, 0.6) is 0 Å². The molecule has 3 aromatic heterocycles. The Kier molecular flexibility index (Phi) is 5.19. The van der Waals surface area contributed by atoms with Crippen LogP contribution < -0.4 is 0 Å². The maximum atomic E-state index is 12.9. The van der Waals surface area contributed by atoms with E-state index in [1.165, 1.54) is 0 Å². The summed E-state index contributed by atoms with van der Waals surface area (Å²) in [5, 5.41) is 9.26. The molecule has 0 radical (unpaired) electrons. The molecular weight excluding hydrogens is 394 g/mol. The van der Waals surface area contributed by atoms with Gasteiger partial charge in [0.25, 0.3) is 5.91 Å². The number of aromatic nitrogens is 4. The zero-order valence-corrected chi connectivity index (χ0v) is 17.4. The molecule has 30 heavy (non-hydrogen) atoms. The predicted octanol–water partition coefficient (Wildman–Crippen LogP) is 4.55. The third-order valence-electron chi connectivity index (χ3n) is 5.69. The Balaban J connectivity index is 1.20. The van der Waals surface area contributed by atoms with Gasteiger partial charge in [-0.25, -0.2) is 4.98 Å². The molecule has 4 heterocycles. The minimum Gasteiger partial charge on any atom is -0.337 e. The van der Waals surface area contributed by atoms with E-state index in [1.54, 1.807) is 11.3 Å². The van der Waals surface area contributed by atoms with Crippen LogP contribution in [-0.2, 0) is 6.54 Å². The molecule has 0 atom stereocenters. The predicted molar refractivity (Wildman–Crippen MR) is 118 cm³/mol. The number of amides is 1. The first-order valence-corrected chi connectivity index (χ1v) is 11.1. The Morgan fingerprint density at radius 3 is 2.73 bits per heavy atom. The normalized spacial score (nSPS) is 14.9. The molecule has 1 aromatic carbocycles. The number of imidazole rings is 1. The van der Waals surface area contributed by atoms with Gasteiger partial charge in [0.05, 0.1) is 10.6 Å². The number of H-pyrrole nitrogens is 1. The van der Waals surface area contributed by atoms with Gasteiger partial charge in [-0.1, -0.05) is 36.4 Å². The summed E-state index contributed by atoms with van der Waals surface area (Å²) in [6.45, 7) is 2.46. The molecule has 6 nitrogen and oxygen atoms in total. The fraction of sp³-hybridized carbons (Fsp3) is 0.261. The minimum atomic E-state index is 0.0140. The second kappa shape index (κ2) is 8.28. The maximum Gasteiger partial charge on any atom is 0.274 e. The van der Waals surface area contributed by atoms with E-state index in [2.05, 4.69) is 38.1 Å². The van der Waals surface area contributed by atoms with Crippen LogP contribution in [0.3, 0.4) is 0 Å². The molecule has 0 spiro atoms. The lowest BCUT2D eigenvalue weighted by Gasteiger charge is -2.32. The average Bonchev–Trinajstić information content (AvgIpc) is 3.55. The molecule has 1 N–H and O–H groups in total. The SMILES string of the molecule is O=C(c1cc(-c2cccs2)[nH]n1)N1CCC(Cn2ccnc2-c2ccccc2)CC1. The summed E-state index contributed by atoms with van der Waals surface area (Å²) in [7, 11) is 0. The van der Waals surface area contributed by atoms with Crippen LogP contribution in [-0.4, -0.2) is 43.6 Å². The molecule has 1 saturated heterocycles. The number of aromatic amines is 1. The van der Waals surface area contributed by atoms with Crippen LogP contribution in [0, 0.1) is 5.92 Å². The number of likely N-dealkylation sites (tertiary alicyclic amines) is 1. The number of thiophene rings is 1. The summed E-state index contributed by atoms with van der Waals surface area (Å²) in [5.41, 5.74) is 2.53. The van der Waals surface area contributed by atoms with Gasteiger partial charge < -0.3 is 9.47 Å². The fourth-order valence-corrected chi connectivity index (χ4v) is 4.74. The lowest BCUT2D eigenvalue weighted by molar-refractivity contribution is 0.0677. The second-order valence-corrected chi connectivity index (χ2v) is 8.60. The summed E-state index contributed by atoms with van der Waals surface area (Å²) < 4.78 is 2.23. The van der Waals surface area contributed by atoms with Crippen molar-refractivity contribution in [2.24, 2.45) is 5.92 Å². The molecule has 1 fully saturated rings. The van der Waals surface area contributed by atoms with Crippen LogP contribution in [0.15, 0.2) is 66.3 Å². The van der Waals surface area contributed by atoms with Crippen molar-refractivity contribution in [2.75, 3.05) is 13.1 Å². The van der Waals surface area contributed by atoms with Crippen molar-refractivity contribution in [1.29, 1.82) is 0 Å². The van der Waals surface area contributed by atoms with Gasteiger partial charge >= 0.3 is 0 Å². The van der Waals surface area contributed by atoms with E-state index >= 15 is 0 Å². The highest BCUT2D eigenvalue weighted by molar-refractivity contribution is 7.13. The molecule has 1 amide bonds. The van der Waals surface area contributed by atoms with E-state index in [9.17, 15) is 4.79 Å². The smallest absolute Gasteiger partial charge is 0.274 e. The van der Waals surface area contributed by atoms with E-state index in [0.29, 0.717) is 11.6 Å². The fourth-order valence-electron chi connectivity index (χ4n) is 4.05. The number of nitrogens with zero attached hydrogens (tertiary/aromatic N) is 4. The molecule has 0 unspecified atom stereocenters. The van der Waals surface area contributed by atoms with Crippen LogP contribution in [0.25, 0.3) is 22.0 Å². The van der Waals surface area contributed by atoms with Crippen LogP contribution in [0.4, 0.5) is 0 Å². The number of benzene rings is 1. The quantitative estimate of drug-likeness (QED) is 0.518. The van der Waals surface area contributed by atoms with E-state index in [-0.39, 0.29) is 5.91 Å². The molecule has 0 saturated carbocycles. The first-order chi connectivity index (χ1) is 14.8. The Labute approximate surface area is 179 Å². The Morgan fingerprint density at radius 2 is 1.97 bits per heavy atom. The average molecular weight is 418 g/mol. The van der Waals surface area contributed by atoms with Crippen molar-refractivity contribution in [3.05, 3.63) is 72.0 Å². The Morgan fingerprint density at radius 1 is 1.13 bits per heavy atom. The Bertz CT molecular complexity index is 1110. The van der Waals surface area contributed by atoms with Gasteiger partial charge in [0.1, 0.15) is 5.82 Å². The molecule has 1 aliphatic rings. The van der Waals surface area contributed by atoms with Gasteiger partial charge in [-0.15, -0.1) is 11.3 Å². The number of carbonyl (C=O) groups excluding carboxylic acids is 1. The van der Waals surface area contributed by atoms with Gasteiger partial charge in [-0.2, -0.15) is 5.10 Å². The summed E-state index contributed by atoms with van der Waals surface area (Å²) in [4.78, 5) is 20.4. The van der Waals surface area contributed by atoms with Crippen LogP contribution >= 0.6 is 11.3 Å². The standard InChI is InChI=1S/C23H23N5OS/c29-23(20-15-19(25-26-20)21-7-4-14-30-21)27-11-8-17(9-12-27)16-28-13-10-24-22(28)18-5-2-1-3-6-18/h1-7,10,13-15,17H,8-9,11-12,16H2,(H,25,26). The highest BCUT2D eigenvalue weighted by Crippen LogP contribution is 2.26. The van der Waals surface area contributed by atoms with E-state index in [0.717, 1.165) is 54.4 Å². The largest absolute Gasteiger partial charge is 0.337 e. The number of carbonyl (C=O) groups is 1. The van der Waals surface area contributed by atoms with Gasteiger partial charge in [0.15, 0.2) is 5.69 Å². The van der Waals surface area contributed by atoms with E-state index < -0.39 is 0 Å². The van der Waals surface area contributed by atoms with Crippen molar-refractivity contribution in [2.45, 2.75) is 19.4 Å². The molecule has 0 bridgehead atoms. The number of hydrogen-bond donors (Lipinski definition) is 1. The van der Waals surface area contributed by atoms with Crippen molar-refractivity contribution in [3.63, 3.8) is 0 Å². The summed E-state index contributed by atoms with van der Waals surface area (Å²) in [6.07, 6.45) is 5.89. The van der Waals surface area contributed by atoms with Gasteiger partial charge in [-0.3, -0.25) is 9.89 Å². The second-order valence-electron chi connectivity index (χ2n) is 7.65. The summed E-state index contributed by atoms with van der Waals surface area (Å²) >= 11 is 1.63. The zero-order chi connectivity index (χ0) is 20.3. The molecule has 0 aliphatic carbocycles. The van der Waals surface area contributed by atoms with Crippen molar-refractivity contribution in [1.82, 2.24) is 24.6 Å². The van der Waals surface area contributed by atoms with Gasteiger partial charge in [0.2, 0.25) is 0 Å². The molecule has 152 valence electrons. The molecule has 4 aromatic rings. The highest BCUT2D eigenvalue weighted by Gasteiger charge is 2.26. The lowest BCUT2D eigenvalue weighted by atomic mass is 9.96.